The van der Waals surface area contributed by atoms with E-state index in [-0.39, 0.29) is 23.8 Å². The molecule has 4 aromatic rings. The van der Waals surface area contributed by atoms with Gasteiger partial charge in [-0.2, -0.15) is 9.61 Å². The van der Waals surface area contributed by atoms with Crippen LogP contribution < -0.4 is 14.8 Å². The first-order chi connectivity index (χ1) is 16.7. The zero-order chi connectivity index (χ0) is 24.9. The van der Waals surface area contributed by atoms with Gasteiger partial charge in [0.15, 0.2) is 11.6 Å². The van der Waals surface area contributed by atoms with E-state index in [0.29, 0.717) is 22.3 Å². The van der Waals surface area contributed by atoms with Crippen molar-refractivity contribution >= 4 is 11.4 Å². The first-order valence-corrected chi connectivity index (χ1v) is 11.1. The Morgan fingerprint density at radius 2 is 1.77 bits per heavy atom. The number of carbonyl (C=O) groups is 1. The van der Waals surface area contributed by atoms with Gasteiger partial charge in [0, 0.05) is 11.6 Å². The smallest absolute Gasteiger partial charge is 0.256 e. The van der Waals surface area contributed by atoms with Gasteiger partial charge in [0.1, 0.15) is 24.3 Å². The van der Waals surface area contributed by atoms with Crippen LogP contribution in [0.15, 0.2) is 48.5 Å². The summed E-state index contributed by atoms with van der Waals surface area (Å²) in [6, 6.07) is 11.1. The molecule has 0 spiro atoms. The van der Waals surface area contributed by atoms with E-state index in [4.69, 9.17) is 9.47 Å². The Bertz CT molecular complexity index is 1450. The molecule has 2 unspecified atom stereocenters. The van der Waals surface area contributed by atoms with E-state index in [9.17, 15) is 18.0 Å². The maximum absolute atomic E-state index is 14.1. The van der Waals surface area contributed by atoms with E-state index in [1.54, 1.807) is 38.1 Å². The van der Waals surface area contributed by atoms with Gasteiger partial charge in [-0.05, 0) is 50.6 Å². The molecule has 5 rings (SSSR count). The lowest BCUT2D eigenvalue weighted by Crippen LogP contribution is -2.34. The van der Waals surface area contributed by atoms with Crippen molar-refractivity contribution in [3.63, 3.8) is 0 Å². The highest BCUT2D eigenvalue weighted by Gasteiger charge is 2.35. The lowest BCUT2D eigenvalue weighted by molar-refractivity contribution is 0.0908. The fourth-order valence-corrected chi connectivity index (χ4v) is 4.37. The van der Waals surface area contributed by atoms with Crippen molar-refractivity contribution in [3.8, 4) is 11.6 Å². The summed E-state index contributed by atoms with van der Waals surface area (Å²) in [5, 5.41) is 7.37. The number of aryl methyl sites for hydroxylation is 2. The van der Waals surface area contributed by atoms with Crippen LogP contribution in [0.3, 0.4) is 0 Å². The topological polar surface area (TPSA) is 64.9 Å². The number of nitrogens with one attached hydrogen (secondary N) is 1. The number of aromatic nitrogens is 2. The van der Waals surface area contributed by atoms with E-state index >= 15 is 0 Å². The van der Waals surface area contributed by atoms with E-state index in [0.717, 1.165) is 17.7 Å². The molecule has 0 saturated carbocycles. The normalized spacial score (nSPS) is 16.7. The molecule has 180 valence electrons. The van der Waals surface area contributed by atoms with E-state index in [2.05, 4.69) is 10.4 Å². The number of nitrogens with zero attached hydrogens (tertiary/aromatic N) is 2. The second kappa shape index (κ2) is 8.65. The summed E-state index contributed by atoms with van der Waals surface area (Å²) in [6.07, 6.45) is -0.468. The van der Waals surface area contributed by atoms with Gasteiger partial charge < -0.3 is 14.8 Å². The largest absolute Gasteiger partial charge is 0.485 e. The lowest BCUT2D eigenvalue weighted by atomic mass is 10.0. The Morgan fingerprint density at radius 1 is 1.09 bits per heavy atom. The molecule has 9 heteroatoms. The van der Waals surface area contributed by atoms with Crippen LogP contribution in [0.2, 0.25) is 0 Å². The number of hydrogen-bond donors (Lipinski definition) is 1. The number of rotatable bonds is 5. The van der Waals surface area contributed by atoms with Crippen molar-refractivity contribution in [1.29, 1.82) is 0 Å². The van der Waals surface area contributed by atoms with Crippen LogP contribution in [-0.4, -0.2) is 21.6 Å². The standard InChI is InChI=1S/C26H22F3N3O3/c1-13-10-21-23(26(33)30-24-15(3)35-25-16(24)6-4-9-20(25)29)14(2)31-32(21)22(11-13)34-12-17-18(27)7-5-8-19(17)28/h4-11,15,24H,12H2,1-3H3,(H,30,33). The average molecular weight is 481 g/mol. The Labute approximate surface area is 199 Å². The molecule has 1 aliphatic heterocycles. The summed E-state index contributed by atoms with van der Waals surface area (Å²) >= 11 is 0. The Morgan fingerprint density at radius 3 is 2.51 bits per heavy atom. The predicted molar refractivity (Wildman–Crippen MR) is 122 cm³/mol. The summed E-state index contributed by atoms with van der Waals surface area (Å²) in [5.74, 6) is -1.96. The molecule has 2 aromatic carbocycles. The van der Waals surface area contributed by atoms with Crippen LogP contribution in [-0.2, 0) is 6.61 Å². The summed E-state index contributed by atoms with van der Waals surface area (Å²) in [6.45, 7) is 4.90. The molecule has 0 radical (unpaired) electrons. The maximum atomic E-state index is 14.1. The molecule has 0 bridgehead atoms. The molecule has 2 aromatic heterocycles. The van der Waals surface area contributed by atoms with E-state index < -0.39 is 35.5 Å². The van der Waals surface area contributed by atoms with Crippen LogP contribution in [0.5, 0.6) is 11.6 Å². The molecule has 6 nitrogen and oxygen atoms in total. The van der Waals surface area contributed by atoms with Gasteiger partial charge in [0.05, 0.1) is 28.4 Å². The number of halogens is 3. The lowest BCUT2D eigenvalue weighted by Gasteiger charge is -2.17. The minimum absolute atomic E-state index is 0.133. The van der Waals surface area contributed by atoms with Crippen molar-refractivity contribution in [1.82, 2.24) is 14.9 Å². The molecule has 0 fully saturated rings. The molecule has 3 heterocycles. The molecule has 1 aliphatic rings. The number of benzene rings is 2. The first-order valence-electron chi connectivity index (χ1n) is 11.1. The number of pyridine rings is 1. The summed E-state index contributed by atoms with van der Waals surface area (Å²) < 4.78 is 55.0. The van der Waals surface area contributed by atoms with Gasteiger partial charge in [0.25, 0.3) is 5.91 Å². The number of fused-ring (bicyclic) bond motifs is 2. The summed E-state index contributed by atoms with van der Waals surface area (Å²) in [7, 11) is 0. The van der Waals surface area contributed by atoms with Gasteiger partial charge in [-0.15, -0.1) is 0 Å². The molecule has 1 amide bonds. The van der Waals surface area contributed by atoms with Crippen LogP contribution in [0.1, 0.15) is 45.7 Å². The second-order valence-corrected chi connectivity index (χ2v) is 8.55. The van der Waals surface area contributed by atoms with Gasteiger partial charge >= 0.3 is 0 Å². The third-order valence-electron chi connectivity index (χ3n) is 6.07. The SMILES string of the molecule is Cc1cc(OCc2c(F)cccc2F)n2nc(C)c(C(=O)NC3c4cccc(F)c4OC3C)c2c1. The minimum atomic E-state index is -0.713. The number of para-hydroxylation sites is 1. The van der Waals surface area contributed by atoms with Crippen LogP contribution in [0.25, 0.3) is 5.52 Å². The fraction of sp³-hybridized carbons (Fsp3) is 0.231. The van der Waals surface area contributed by atoms with Crippen LogP contribution in [0.4, 0.5) is 13.2 Å². The average Bonchev–Trinajstić information content (AvgIpc) is 3.30. The number of amides is 1. The maximum Gasteiger partial charge on any atom is 0.256 e. The quantitative estimate of drug-likeness (QED) is 0.426. The van der Waals surface area contributed by atoms with Crippen molar-refractivity contribution in [2.45, 2.75) is 39.5 Å². The predicted octanol–water partition coefficient (Wildman–Crippen LogP) is 5.20. The highest BCUT2D eigenvalue weighted by Crippen LogP contribution is 2.38. The van der Waals surface area contributed by atoms with Gasteiger partial charge in [-0.25, -0.2) is 13.2 Å². The third-order valence-corrected chi connectivity index (χ3v) is 6.07. The summed E-state index contributed by atoms with van der Waals surface area (Å²) in [4.78, 5) is 13.4. The third kappa shape index (κ3) is 3.96. The molecule has 0 aliphatic carbocycles. The molecular formula is C26H22F3N3O3. The van der Waals surface area contributed by atoms with Gasteiger partial charge in [-0.3, -0.25) is 4.79 Å². The Kier molecular flexibility index (Phi) is 5.62. The van der Waals surface area contributed by atoms with Crippen molar-refractivity contribution in [2.75, 3.05) is 0 Å². The van der Waals surface area contributed by atoms with Crippen molar-refractivity contribution in [3.05, 3.63) is 93.9 Å². The molecule has 0 saturated heterocycles. The number of hydrogen-bond acceptors (Lipinski definition) is 4. The van der Waals surface area contributed by atoms with Crippen molar-refractivity contribution in [2.24, 2.45) is 0 Å². The fourth-order valence-electron chi connectivity index (χ4n) is 4.37. The Balaban J connectivity index is 1.47. The minimum Gasteiger partial charge on any atom is -0.485 e. The van der Waals surface area contributed by atoms with Crippen LogP contribution in [0, 0.1) is 31.3 Å². The molecule has 1 N–H and O–H groups in total. The van der Waals surface area contributed by atoms with Gasteiger partial charge in [0.2, 0.25) is 5.88 Å². The van der Waals surface area contributed by atoms with Gasteiger partial charge in [-0.1, -0.05) is 18.2 Å². The van der Waals surface area contributed by atoms with E-state index in [1.807, 2.05) is 6.92 Å². The second-order valence-electron chi connectivity index (χ2n) is 8.55. The monoisotopic (exact) mass is 481 g/mol. The van der Waals surface area contributed by atoms with E-state index in [1.165, 1.54) is 16.6 Å². The van der Waals surface area contributed by atoms with Crippen LogP contribution >= 0.6 is 0 Å². The molecule has 35 heavy (non-hydrogen) atoms. The Hall–Kier alpha value is -4.01. The first kappa shape index (κ1) is 22.8. The summed E-state index contributed by atoms with van der Waals surface area (Å²) in [5.41, 5.74) is 2.33. The van der Waals surface area contributed by atoms with Crippen molar-refractivity contribution < 1.29 is 27.4 Å². The molecule has 2 atom stereocenters. The zero-order valence-electron chi connectivity index (χ0n) is 19.2. The highest BCUT2D eigenvalue weighted by atomic mass is 19.1. The molecular weight excluding hydrogens is 459 g/mol. The highest BCUT2D eigenvalue weighted by molar-refractivity contribution is 6.02. The number of carbonyl (C=O) groups excluding carboxylic acids is 1. The zero-order valence-corrected chi connectivity index (χ0v) is 19.2. The number of ether oxygens (including phenoxy) is 2.